The highest BCUT2D eigenvalue weighted by molar-refractivity contribution is 7.15. The predicted octanol–water partition coefficient (Wildman–Crippen LogP) is 4.61. The second kappa shape index (κ2) is 7.02. The van der Waals surface area contributed by atoms with Crippen LogP contribution in [-0.4, -0.2) is 25.7 Å². The van der Waals surface area contributed by atoms with Gasteiger partial charge in [0.1, 0.15) is 0 Å². The number of rotatable bonds is 6. The van der Waals surface area contributed by atoms with E-state index in [1.165, 1.54) is 17.5 Å². The van der Waals surface area contributed by atoms with Crippen molar-refractivity contribution in [3.63, 3.8) is 0 Å². The first-order valence-electron chi connectivity index (χ1n) is 7.88. The fourth-order valence-corrected chi connectivity index (χ4v) is 3.31. The molecule has 3 aromatic heterocycles. The maximum absolute atomic E-state index is 12.6. The van der Waals surface area contributed by atoms with Gasteiger partial charge in [0.2, 0.25) is 5.82 Å². The Balaban J connectivity index is 1.79. The molecule has 26 heavy (non-hydrogen) atoms. The molecule has 0 aliphatic rings. The average molecular weight is 384 g/mol. The maximum Gasteiger partial charge on any atom is 0.471 e. The van der Waals surface area contributed by atoms with Gasteiger partial charge in [0, 0.05) is 17.5 Å². The number of halogens is 3. The van der Waals surface area contributed by atoms with Crippen LogP contribution < -0.4 is 0 Å². The number of nitrogens with zero attached hydrogens (tertiary/aromatic N) is 4. The third kappa shape index (κ3) is 3.69. The van der Waals surface area contributed by atoms with E-state index in [1.54, 1.807) is 23.0 Å². The Labute approximate surface area is 150 Å². The number of Topliss-reactive ketones (excluding diaryl/α,β-unsaturated/α-hetero) is 1. The molecular weight excluding hydrogens is 369 g/mol. The molecule has 0 aliphatic carbocycles. The van der Waals surface area contributed by atoms with Gasteiger partial charge in [0.25, 0.3) is 0 Å². The highest BCUT2D eigenvalue weighted by atomic mass is 32.1. The van der Waals surface area contributed by atoms with E-state index >= 15 is 0 Å². The molecule has 0 saturated heterocycles. The first-order valence-corrected chi connectivity index (χ1v) is 8.69. The van der Waals surface area contributed by atoms with Gasteiger partial charge in [0.05, 0.1) is 22.7 Å². The summed E-state index contributed by atoms with van der Waals surface area (Å²) in [5, 5.41) is 7.60. The zero-order chi connectivity index (χ0) is 18.9. The minimum atomic E-state index is -4.67. The topological polar surface area (TPSA) is 73.8 Å². The Morgan fingerprint density at radius 3 is 2.81 bits per heavy atom. The molecule has 0 fully saturated rings. The number of ketones is 1. The summed E-state index contributed by atoms with van der Waals surface area (Å²) < 4.78 is 43.6. The lowest BCUT2D eigenvalue weighted by molar-refractivity contribution is -0.159. The van der Waals surface area contributed by atoms with Crippen LogP contribution in [0.4, 0.5) is 13.2 Å². The van der Waals surface area contributed by atoms with Gasteiger partial charge in [0.15, 0.2) is 5.78 Å². The lowest BCUT2D eigenvalue weighted by Gasteiger charge is -2.09. The van der Waals surface area contributed by atoms with Gasteiger partial charge in [-0.1, -0.05) is 12.1 Å². The van der Waals surface area contributed by atoms with Crippen molar-refractivity contribution in [1.29, 1.82) is 0 Å². The number of thiophene rings is 1. The molecule has 0 N–H and O–H groups in total. The highest BCUT2D eigenvalue weighted by Gasteiger charge is 2.38. The Hall–Kier alpha value is -2.49. The van der Waals surface area contributed by atoms with E-state index in [0.29, 0.717) is 16.9 Å². The molecular formula is C16H15F3N4O2S. The Bertz CT molecular complexity index is 913. The zero-order valence-electron chi connectivity index (χ0n) is 13.9. The molecule has 0 radical (unpaired) electrons. The van der Waals surface area contributed by atoms with Crippen LogP contribution in [-0.2, 0) is 6.18 Å². The van der Waals surface area contributed by atoms with Crippen molar-refractivity contribution >= 4 is 17.1 Å². The summed E-state index contributed by atoms with van der Waals surface area (Å²) in [6.07, 6.45) is -0.244. The first kappa shape index (κ1) is 18.3. The number of hydrogen-bond donors (Lipinski definition) is 0. The van der Waals surface area contributed by atoms with Crippen LogP contribution in [0.5, 0.6) is 0 Å². The molecule has 0 bridgehead atoms. The Morgan fingerprint density at radius 2 is 2.15 bits per heavy atom. The Kier molecular flexibility index (Phi) is 4.94. The van der Waals surface area contributed by atoms with Crippen LogP contribution in [0, 0.1) is 0 Å². The molecule has 138 valence electrons. The second-order valence-corrected chi connectivity index (χ2v) is 6.80. The van der Waals surface area contributed by atoms with Crippen molar-refractivity contribution in [1.82, 2.24) is 19.9 Å². The number of carbonyl (C=O) groups is 1. The molecule has 3 aromatic rings. The van der Waals surface area contributed by atoms with Gasteiger partial charge >= 0.3 is 12.1 Å². The Morgan fingerprint density at radius 1 is 1.38 bits per heavy atom. The summed E-state index contributed by atoms with van der Waals surface area (Å²) in [5.74, 6) is -1.45. The monoisotopic (exact) mass is 384 g/mol. The first-order chi connectivity index (χ1) is 12.3. The van der Waals surface area contributed by atoms with E-state index in [0.717, 1.165) is 11.3 Å². The van der Waals surface area contributed by atoms with Gasteiger partial charge in [-0.25, -0.2) is 0 Å². The third-order valence-corrected chi connectivity index (χ3v) is 4.98. The van der Waals surface area contributed by atoms with Crippen LogP contribution in [0.2, 0.25) is 0 Å². The van der Waals surface area contributed by atoms with Crippen LogP contribution in [0.15, 0.2) is 29.0 Å². The number of alkyl halides is 3. The fourth-order valence-electron chi connectivity index (χ4n) is 2.33. The van der Waals surface area contributed by atoms with E-state index < -0.39 is 12.1 Å². The molecule has 0 aliphatic heterocycles. The van der Waals surface area contributed by atoms with Crippen molar-refractivity contribution in [2.24, 2.45) is 0 Å². The van der Waals surface area contributed by atoms with Gasteiger partial charge in [-0.05, 0) is 25.5 Å². The molecule has 3 rings (SSSR count). The molecule has 0 aromatic carbocycles. The smallest absolute Gasteiger partial charge is 0.329 e. The average Bonchev–Trinajstić information content (AvgIpc) is 3.31. The van der Waals surface area contributed by atoms with Crippen molar-refractivity contribution in [2.75, 3.05) is 0 Å². The van der Waals surface area contributed by atoms with Gasteiger partial charge in [-0.2, -0.15) is 23.3 Å². The molecule has 10 heteroatoms. The predicted molar refractivity (Wildman–Crippen MR) is 87.9 cm³/mol. The molecule has 0 amide bonds. The molecule has 3 heterocycles. The van der Waals surface area contributed by atoms with Gasteiger partial charge < -0.3 is 4.52 Å². The summed E-state index contributed by atoms with van der Waals surface area (Å²) in [4.78, 5) is 16.6. The van der Waals surface area contributed by atoms with Crippen molar-refractivity contribution in [3.8, 4) is 10.7 Å². The summed E-state index contributed by atoms with van der Waals surface area (Å²) in [7, 11) is 0. The zero-order valence-corrected chi connectivity index (χ0v) is 14.8. The van der Waals surface area contributed by atoms with E-state index in [-0.39, 0.29) is 17.6 Å². The standard InChI is InChI=1S/C16H15F3N4O2S/c1-3-4-11(24)10-7-20-23(8-10)9(2)12-5-6-13(26-12)14-21-15(25-22-14)16(17,18)19/h5-9H,3-4H2,1-2H3. The SMILES string of the molecule is CCCC(=O)c1cnn(C(C)c2ccc(-c3noc(C(F)(F)F)n3)s2)c1. The lowest BCUT2D eigenvalue weighted by atomic mass is 10.1. The van der Waals surface area contributed by atoms with Crippen molar-refractivity contribution in [3.05, 3.63) is 40.9 Å². The fraction of sp³-hybridized carbons (Fsp3) is 0.375. The number of carbonyl (C=O) groups excluding carboxylic acids is 1. The summed E-state index contributed by atoms with van der Waals surface area (Å²) in [6.45, 7) is 3.81. The summed E-state index contributed by atoms with van der Waals surface area (Å²) in [6, 6.07) is 3.21. The van der Waals surface area contributed by atoms with E-state index in [2.05, 4.69) is 19.8 Å². The lowest BCUT2D eigenvalue weighted by Crippen LogP contribution is -2.05. The minimum absolute atomic E-state index is 0.0318. The normalized spacial score (nSPS) is 13.1. The van der Waals surface area contributed by atoms with Crippen LogP contribution in [0.25, 0.3) is 10.7 Å². The molecule has 6 nitrogen and oxygen atoms in total. The van der Waals surface area contributed by atoms with Crippen LogP contribution >= 0.6 is 11.3 Å². The largest absolute Gasteiger partial charge is 0.471 e. The maximum atomic E-state index is 12.6. The molecule has 0 saturated carbocycles. The van der Waals surface area contributed by atoms with Crippen LogP contribution in [0.3, 0.4) is 0 Å². The molecule has 1 unspecified atom stereocenters. The third-order valence-electron chi connectivity index (χ3n) is 3.72. The van der Waals surface area contributed by atoms with Gasteiger partial charge in [-0.15, -0.1) is 11.3 Å². The quantitative estimate of drug-likeness (QED) is 0.581. The van der Waals surface area contributed by atoms with Gasteiger partial charge in [-0.3, -0.25) is 9.48 Å². The molecule has 1 atom stereocenters. The van der Waals surface area contributed by atoms with E-state index in [1.807, 2.05) is 13.8 Å². The summed E-state index contributed by atoms with van der Waals surface area (Å²) >= 11 is 1.24. The number of hydrogen-bond acceptors (Lipinski definition) is 6. The van der Waals surface area contributed by atoms with Crippen LogP contribution in [0.1, 0.15) is 53.9 Å². The molecule has 0 spiro atoms. The van der Waals surface area contributed by atoms with E-state index in [4.69, 9.17) is 0 Å². The number of aromatic nitrogens is 4. The highest BCUT2D eigenvalue weighted by Crippen LogP contribution is 2.34. The van der Waals surface area contributed by atoms with Crippen molar-refractivity contribution in [2.45, 2.75) is 38.9 Å². The second-order valence-electron chi connectivity index (χ2n) is 5.68. The minimum Gasteiger partial charge on any atom is -0.329 e. The summed E-state index contributed by atoms with van der Waals surface area (Å²) in [5.41, 5.74) is 0.545. The van der Waals surface area contributed by atoms with Crippen molar-refractivity contribution < 1.29 is 22.5 Å². The van der Waals surface area contributed by atoms with E-state index in [9.17, 15) is 18.0 Å².